The van der Waals surface area contributed by atoms with E-state index in [1.165, 1.54) is 0 Å². The van der Waals surface area contributed by atoms with Gasteiger partial charge in [-0.05, 0) is 37.3 Å². The van der Waals surface area contributed by atoms with E-state index in [-0.39, 0.29) is 18.8 Å². The van der Waals surface area contributed by atoms with Gasteiger partial charge in [0.25, 0.3) is 0 Å². The zero-order valence-corrected chi connectivity index (χ0v) is 15.2. The summed E-state index contributed by atoms with van der Waals surface area (Å²) >= 11 is 0. The second-order valence-electron chi connectivity index (χ2n) is 6.83. The Morgan fingerprint density at radius 1 is 1.19 bits per heavy atom. The number of rotatable bonds is 9. The van der Waals surface area contributed by atoms with Crippen LogP contribution in [0.25, 0.3) is 5.69 Å². The van der Waals surface area contributed by atoms with Crippen LogP contribution in [0.1, 0.15) is 50.3 Å². The molecule has 7 heteroatoms. The molecule has 0 radical (unpaired) electrons. The predicted molar refractivity (Wildman–Crippen MR) is 99.3 cm³/mol. The standard InChI is InChI=1S/C19H27N3O4/c1-12(2)18-16(9-8-14(23)10-15(24)11-17(25)26)22(21-19(18)20)13-6-4-3-5-7-13/h3-7,12,14-15,23-24H,8-11H2,1-2H3,(H2,20,21)(H,25,26). The number of nitrogens with two attached hydrogens (primary N) is 1. The number of carboxylic acids is 1. The summed E-state index contributed by atoms with van der Waals surface area (Å²) in [5, 5.41) is 33.0. The highest BCUT2D eigenvalue weighted by atomic mass is 16.4. The first-order valence-corrected chi connectivity index (χ1v) is 8.80. The van der Waals surface area contributed by atoms with Gasteiger partial charge in [0.05, 0.1) is 24.3 Å². The van der Waals surface area contributed by atoms with Gasteiger partial charge in [0.1, 0.15) is 5.82 Å². The monoisotopic (exact) mass is 361 g/mol. The van der Waals surface area contributed by atoms with E-state index in [1.807, 2.05) is 44.2 Å². The molecule has 0 bridgehead atoms. The van der Waals surface area contributed by atoms with Crippen LogP contribution in [-0.2, 0) is 11.2 Å². The molecule has 1 aromatic carbocycles. The number of benzene rings is 1. The van der Waals surface area contributed by atoms with Crippen LogP contribution in [0.2, 0.25) is 0 Å². The smallest absolute Gasteiger partial charge is 0.305 e. The van der Waals surface area contributed by atoms with Gasteiger partial charge in [-0.1, -0.05) is 32.0 Å². The number of carboxylic acid groups (broad SMARTS) is 1. The van der Waals surface area contributed by atoms with E-state index in [4.69, 9.17) is 10.8 Å². The predicted octanol–water partition coefficient (Wildman–Crippen LogP) is 2.10. The number of nitrogens with zero attached hydrogens (tertiary/aromatic N) is 2. The summed E-state index contributed by atoms with van der Waals surface area (Å²) < 4.78 is 1.80. The van der Waals surface area contributed by atoms with Crippen LogP contribution in [0.5, 0.6) is 0 Å². The van der Waals surface area contributed by atoms with Crippen LogP contribution in [0.4, 0.5) is 5.82 Å². The number of nitrogen functional groups attached to an aromatic ring is 1. The van der Waals surface area contributed by atoms with E-state index in [1.54, 1.807) is 4.68 Å². The molecule has 1 aromatic heterocycles. The van der Waals surface area contributed by atoms with Crippen LogP contribution >= 0.6 is 0 Å². The number of carbonyl (C=O) groups is 1. The summed E-state index contributed by atoms with van der Waals surface area (Å²) in [4.78, 5) is 10.6. The van der Waals surface area contributed by atoms with E-state index >= 15 is 0 Å². The lowest BCUT2D eigenvalue weighted by atomic mass is 9.97. The zero-order chi connectivity index (χ0) is 19.3. The number of aromatic nitrogens is 2. The highest BCUT2D eigenvalue weighted by molar-refractivity contribution is 5.67. The number of aliphatic hydroxyl groups is 2. The molecule has 142 valence electrons. The molecular formula is C19H27N3O4. The van der Waals surface area contributed by atoms with Gasteiger partial charge < -0.3 is 21.1 Å². The molecule has 0 saturated carbocycles. The van der Waals surface area contributed by atoms with Gasteiger partial charge in [0, 0.05) is 11.3 Å². The molecule has 0 aliphatic carbocycles. The molecule has 0 aliphatic heterocycles. The van der Waals surface area contributed by atoms with Crippen molar-refractivity contribution in [1.82, 2.24) is 9.78 Å². The van der Waals surface area contributed by atoms with Crippen molar-refractivity contribution < 1.29 is 20.1 Å². The van der Waals surface area contributed by atoms with E-state index in [9.17, 15) is 15.0 Å². The third-order valence-electron chi connectivity index (χ3n) is 4.30. The largest absolute Gasteiger partial charge is 0.481 e. The molecule has 7 nitrogen and oxygen atoms in total. The quantitative estimate of drug-likeness (QED) is 0.543. The maximum absolute atomic E-state index is 10.6. The first kappa shape index (κ1) is 19.9. The maximum Gasteiger partial charge on any atom is 0.305 e. The average Bonchev–Trinajstić information content (AvgIpc) is 2.89. The Labute approximate surface area is 153 Å². The number of anilines is 1. The minimum absolute atomic E-state index is 0.0261. The molecule has 0 saturated heterocycles. The SMILES string of the molecule is CC(C)c1c(N)nn(-c2ccccc2)c1CCC(O)CC(O)CC(=O)O. The lowest BCUT2D eigenvalue weighted by Crippen LogP contribution is -2.21. The maximum atomic E-state index is 10.6. The average molecular weight is 361 g/mol. The second kappa shape index (κ2) is 8.82. The zero-order valence-electron chi connectivity index (χ0n) is 15.2. The molecule has 0 spiro atoms. The molecule has 5 N–H and O–H groups in total. The summed E-state index contributed by atoms with van der Waals surface area (Å²) in [5.41, 5.74) is 8.89. The lowest BCUT2D eigenvalue weighted by molar-refractivity contribution is -0.139. The molecule has 26 heavy (non-hydrogen) atoms. The molecule has 2 aromatic rings. The van der Waals surface area contributed by atoms with Gasteiger partial charge in [0.2, 0.25) is 0 Å². The van der Waals surface area contributed by atoms with Crippen molar-refractivity contribution in [1.29, 1.82) is 0 Å². The van der Waals surface area contributed by atoms with E-state index in [0.717, 1.165) is 16.9 Å². The summed E-state index contributed by atoms with van der Waals surface area (Å²) in [6.07, 6.45) is -1.30. The van der Waals surface area contributed by atoms with Gasteiger partial charge in [-0.25, -0.2) is 4.68 Å². The first-order valence-electron chi connectivity index (χ1n) is 8.80. The normalized spacial score (nSPS) is 13.7. The van der Waals surface area contributed by atoms with Gasteiger partial charge >= 0.3 is 5.97 Å². The Balaban J connectivity index is 2.18. The van der Waals surface area contributed by atoms with Crippen LogP contribution in [0, 0.1) is 0 Å². The Morgan fingerprint density at radius 2 is 1.85 bits per heavy atom. The Kier molecular flexibility index (Phi) is 6.76. The summed E-state index contributed by atoms with van der Waals surface area (Å²) in [6, 6.07) is 9.64. The third kappa shape index (κ3) is 5.06. The van der Waals surface area contributed by atoms with E-state index in [2.05, 4.69) is 5.10 Å². The summed E-state index contributed by atoms with van der Waals surface area (Å²) in [6.45, 7) is 4.08. The van der Waals surface area contributed by atoms with Crippen molar-refractivity contribution in [2.24, 2.45) is 0 Å². The number of aliphatic hydroxyl groups excluding tert-OH is 2. The number of aliphatic carboxylic acids is 1. The minimum atomic E-state index is -1.08. The topological polar surface area (TPSA) is 122 Å². The number of hydrogen-bond donors (Lipinski definition) is 4. The Hall–Kier alpha value is -2.38. The fraction of sp³-hybridized carbons (Fsp3) is 0.474. The number of para-hydroxylation sites is 1. The molecule has 0 amide bonds. The van der Waals surface area contributed by atoms with Crippen molar-refractivity contribution in [3.05, 3.63) is 41.6 Å². The fourth-order valence-corrected chi connectivity index (χ4v) is 3.16. The van der Waals surface area contributed by atoms with Crippen molar-refractivity contribution in [3.8, 4) is 5.69 Å². The molecule has 2 unspecified atom stereocenters. The highest BCUT2D eigenvalue weighted by Crippen LogP contribution is 2.29. The van der Waals surface area contributed by atoms with Crippen molar-refractivity contribution in [2.75, 3.05) is 5.73 Å². The van der Waals surface area contributed by atoms with Gasteiger partial charge in [0.15, 0.2) is 0 Å². The van der Waals surface area contributed by atoms with Crippen LogP contribution < -0.4 is 5.73 Å². The highest BCUT2D eigenvalue weighted by Gasteiger charge is 2.21. The number of hydrogen-bond acceptors (Lipinski definition) is 5. The Bertz CT molecular complexity index is 728. The third-order valence-corrected chi connectivity index (χ3v) is 4.30. The first-order chi connectivity index (χ1) is 12.3. The molecule has 2 atom stereocenters. The van der Waals surface area contributed by atoms with Gasteiger partial charge in [-0.15, -0.1) is 0 Å². The fourth-order valence-electron chi connectivity index (χ4n) is 3.16. The summed E-state index contributed by atoms with van der Waals surface area (Å²) in [7, 11) is 0. The molecule has 1 heterocycles. The van der Waals surface area contributed by atoms with Crippen LogP contribution in [0.15, 0.2) is 30.3 Å². The van der Waals surface area contributed by atoms with Gasteiger partial charge in [-0.2, -0.15) is 5.10 Å². The van der Waals surface area contributed by atoms with Crippen molar-refractivity contribution in [2.45, 2.75) is 57.7 Å². The minimum Gasteiger partial charge on any atom is -0.481 e. The van der Waals surface area contributed by atoms with Crippen LogP contribution in [-0.4, -0.2) is 43.3 Å². The molecule has 0 aliphatic rings. The van der Waals surface area contributed by atoms with Crippen molar-refractivity contribution in [3.63, 3.8) is 0 Å². The van der Waals surface area contributed by atoms with E-state index < -0.39 is 18.2 Å². The Morgan fingerprint density at radius 3 is 2.42 bits per heavy atom. The molecule has 0 fully saturated rings. The molecular weight excluding hydrogens is 334 g/mol. The lowest BCUT2D eigenvalue weighted by Gasteiger charge is -2.16. The summed E-state index contributed by atoms with van der Waals surface area (Å²) in [5.74, 6) is -0.432. The molecule has 2 rings (SSSR count). The van der Waals surface area contributed by atoms with Crippen LogP contribution in [0.3, 0.4) is 0 Å². The van der Waals surface area contributed by atoms with Crippen molar-refractivity contribution >= 4 is 11.8 Å². The van der Waals surface area contributed by atoms with E-state index in [0.29, 0.717) is 18.7 Å². The second-order valence-corrected chi connectivity index (χ2v) is 6.83. The van der Waals surface area contributed by atoms with Gasteiger partial charge in [-0.3, -0.25) is 4.79 Å².